The highest BCUT2D eigenvalue weighted by molar-refractivity contribution is 6.31. The van der Waals surface area contributed by atoms with Gasteiger partial charge in [-0.2, -0.15) is 0 Å². The van der Waals surface area contributed by atoms with Gasteiger partial charge in [0.15, 0.2) is 0 Å². The second kappa shape index (κ2) is 4.98. The molecular weight excluding hydrogens is 252 g/mol. The summed E-state index contributed by atoms with van der Waals surface area (Å²) >= 11 is 5.95. The first kappa shape index (κ1) is 12.9. The third-order valence-electron chi connectivity index (χ3n) is 3.01. The molecule has 2 rings (SSSR count). The fraction of sp³-hybridized carbons (Fsp3) is 0.385. The molecule has 96 valence electrons. The number of oxime groups is 1. The quantitative estimate of drug-likeness (QED) is 0.628. The van der Waals surface area contributed by atoms with Crippen molar-refractivity contribution in [3.8, 4) is 0 Å². The maximum atomic E-state index is 12.1. The molecule has 0 aromatic heterocycles. The van der Waals surface area contributed by atoms with Gasteiger partial charge in [-0.1, -0.05) is 30.6 Å². The molecule has 0 atom stereocenters. The van der Waals surface area contributed by atoms with Crippen molar-refractivity contribution in [2.24, 2.45) is 11.1 Å². The van der Waals surface area contributed by atoms with Gasteiger partial charge in [-0.3, -0.25) is 4.79 Å². The highest BCUT2D eigenvalue weighted by atomic mass is 35.5. The largest absolute Gasteiger partial charge is 0.411 e. The third-order valence-corrected chi connectivity index (χ3v) is 3.25. The van der Waals surface area contributed by atoms with Crippen molar-refractivity contribution in [2.45, 2.75) is 20.3 Å². The zero-order valence-electron chi connectivity index (χ0n) is 10.4. The number of halogens is 1. The van der Waals surface area contributed by atoms with Gasteiger partial charge in [-0.15, -0.1) is 0 Å². The summed E-state index contributed by atoms with van der Waals surface area (Å²) in [5, 5.41) is 12.9. The molecule has 1 aliphatic rings. The molecule has 0 saturated heterocycles. The molecule has 0 saturated carbocycles. The molecule has 0 spiro atoms. The van der Waals surface area contributed by atoms with Crippen LogP contribution in [-0.4, -0.2) is 23.4 Å². The van der Waals surface area contributed by atoms with Gasteiger partial charge in [-0.25, -0.2) is 0 Å². The van der Waals surface area contributed by atoms with Gasteiger partial charge < -0.3 is 10.1 Å². The fourth-order valence-corrected chi connectivity index (χ4v) is 2.26. The van der Waals surface area contributed by atoms with Crippen LogP contribution in [0.4, 0.5) is 5.69 Å². The van der Waals surface area contributed by atoms with Crippen LogP contribution < -0.4 is 4.90 Å². The highest BCUT2D eigenvalue weighted by Crippen LogP contribution is 2.30. The van der Waals surface area contributed by atoms with Crippen LogP contribution >= 0.6 is 11.6 Å². The number of fused-ring (bicyclic) bond motifs is 1. The minimum atomic E-state index is -0.0684. The lowest BCUT2D eigenvalue weighted by atomic mass is 9.98. The van der Waals surface area contributed by atoms with Crippen molar-refractivity contribution in [1.82, 2.24) is 0 Å². The Kier molecular flexibility index (Phi) is 3.57. The first-order valence-corrected chi connectivity index (χ1v) is 6.24. The molecule has 0 radical (unpaired) electrons. The summed E-state index contributed by atoms with van der Waals surface area (Å²) in [6.07, 6.45) is 0.530. The molecule has 0 aliphatic carbocycles. The number of rotatable bonds is 1. The zero-order chi connectivity index (χ0) is 13.3. The monoisotopic (exact) mass is 266 g/mol. The number of amides is 1. The molecule has 1 N–H and O–H groups in total. The number of hydrogen-bond acceptors (Lipinski definition) is 3. The molecule has 5 heteroatoms. The van der Waals surface area contributed by atoms with Gasteiger partial charge in [0.1, 0.15) is 0 Å². The van der Waals surface area contributed by atoms with E-state index in [2.05, 4.69) is 5.16 Å². The molecule has 1 heterocycles. The van der Waals surface area contributed by atoms with Gasteiger partial charge in [0.2, 0.25) is 5.91 Å². The van der Waals surface area contributed by atoms with Gasteiger partial charge in [0.05, 0.1) is 11.4 Å². The number of carbonyl (C=O) groups is 1. The van der Waals surface area contributed by atoms with Crippen molar-refractivity contribution in [2.75, 3.05) is 11.4 Å². The Morgan fingerprint density at radius 2 is 2.22 bits per heavy atom. The molecule has 1 aromatic rings. The predicted molar refractivity (Wildman–Crippen MR) is 71.6 cm³/mol. The summed E-state index contributed by atoms with van der Waals surface area (Å²) < 4.78 is 0. The van der Waals surface area contributed by atoms with Crippen LogP contribution in [0.3, 0.4) is 0 Å². The lowest BCUT2D eigenvalue weighted by Crippen LogP contribution is -2.39. The van der Waals surface area contributed by atoms with E-state index in [1.165, 1.54) is 0 Å². The van der Waals surface area contributed by atoms with E-state index in [0.29, 0.717) is 23.7 Å². The summed E-state index contributed by atoms with van der Waals surface area (Å²) in [4.78, 5) is 13.9. The SMILES string of the molecule is CC(C)C(=O)N1CCC(=NO)c2cc(Cl)ccc21. The summed E-state index contributed by atoms with van der Waals surface area (Å²) in [5.41, 5.74) is 2.06. The Labute approximate surface area is 111 Å². The van der Waals surface area contributed by atoms with Crippen LogP contribution in [0.15, 0.2) is 23.4 Å². The second-order valence-corrected chi connectivity index (χ2v) is 5.04. The van der Waals surface area contributed by atoms with Crippen LogP contribution in [-0.2, 0) is 4.79 Å². The molecule has 1 aliphatic heterocycles. The maximum absolute atomic E-state index is 12.1. The number of nitrogens with zero attached hydrogens (tertiary/aromatic N) is 2. The van der Waals surface area contributed by atoms with Crippen LogP contribution in [0.2, 0.25) is 5.02 Å². The van der Waals surface area contributed by atoms with Crippen molar-refractivity contribution < 1.29 is 10.0 Å². The Bertz CT molecular complexity index is 512. The standard InChI is InChI=1S/C13H15ClN2O2/c1-8(2)13(17)16-6-5-11(15-18)10-7-9(14)3-4-12(10)16/h3-4,7-8,18H,5-6H2,1-2H3. The highest BCUT2D eigenvalue weighted by Gasteiger charge is 2.27. The molecule has 4 nitrogen and oxygen atoms in total. The zero-order valence-corrected chi connectivity index (χ0v) is 11.1. The van der Waals surface area contributed by atoms with Crippen molar-refractivity contribution in [1.29, 1.82) is 0 Å². The van der Waals surface area contributed by atoms with E-state index in [4.69, 9.17) is 16.8 Å². The average Bonchev–Trinajstić information content (AvgIpc) is 2.36. The van der Waals surface area contributed by atoms with Crippen molar-refractivity contribution >= 4 is 28.9 Å². The molecule has 1 aromatic carbocycles. The first-order chi connectivity index (χ1) is 8.54. The van der Waals surface area contributed by atoms with Crippen LogP contribution in [0.25, 0.3) is 0 Å². The first-order valence-electron chi connectivity index (χ1n) is 5.87. The topological polar surface area (TPSA) is 52.9 Å². The summed E-state index contributed by atoms with van der Waals surface area (Å²) in [6, 6.07) is 5.26. The van der Waals surface area contributed by atoms with E-state index in [-0.39, 0.29) is 11.8 Å². The smallest absolute Gasteiger partial charge is 0.229 e. The molecule has 0 unspecified atom stereocenters. The lowest BCUT2D eigenvalue weighted by Gasteiger charge is -2.31. The molecule has 1 amide bonds. The number of anilines is 1. The third kappa shape index (κ3) is 2.20. The van der Waals surface area contributed by atoms with E-state index in [9.17, 15) is 4.79 Å². The number of hydrogen-bond donors (Lipinski definition) is 1. The summed E-state index contributed by atoms with van der Waals surface area (Å²) in [5.74, 6) is -0.00305. The van der Waals surface area contributed by atoms with Gasteiger partial charge >= 0.3 is 0 Å². The fourth-order valence-electron chi connectivity index (χ4n) is 2.09. The maximum Gasteiger partial charge on any atom is 0.229 e. The molecule has 0 bridgehead atoms. The Hall–Kier alpha value is -1.55. The van der Waals surface area contributed by atoms with Crippen LogP contribution in [0.5, 0.6) is 0 Å². The van der Waals surface area contributed by atoms with E-state index < -0.39 is 0 Å². The number of benzene rings is 1. The normalized spacial score (nSPS) is 17.1. The van der Waals surface area contributed by atoms with E-state index in [0.717, 1.165) is 11.3 Å². The average molecular weight is 267 g/mol. The van der Waals surface area contributed by atoms with Crippen LogP contribution in [0.1, 0.15) is 25.8 Å². The summed E-state index contributed by atoms with van der Waals surface area (Å²) in [6.45, 7) is 4.27. The van der Waals surface area contributed by atoms with Crippen molar-refractivity contribution in [3.05, 3.63) is 28.8 Å². The van der Waals surface area contributed by atoms with Crippen molar-refractivity contribution in [3.63, 3.8) is 0 Å². The Balaban J connectivity index is 2.50. The van der Waals surface area contributed by atoms with Gasteiger partial charge in [0, 0.05) is 29.5 Å². The second-order valence-electron chi connectivity index (χ2n) is 4.60. The van der Waals surface area contributed by atoms with Gasteiger partial charge in [-0.05, 0) is 18.2 Å². The van der Waals surface area contributed by atoms with Gasteiger partial charge in [0.25, 0.3) is 0 Å². The lowest BCUT2D eigenvalue weighted by molar-refractivity contribution is -0.121. The van der Waals surface area contributed by atoms with E-state index in [1.54, 1.807) is 23.1 Å². The Morgan fingerprint density at radius 3 is 2.83 bits per heavy atom. The molecular formula is C13H15ClN2O2. The Morgan fingerprint density at radius 1 is 1.50 bits per heavy atom. The van der Waals surface area contributed by atoms with E-state index >= 15 is 0 Å². The molecule has 0 fully saturated rings. The minimum Gasteiger partial charge on any atom is -0.411 e. The summed E-state index contributed by atoms with van der Waals surface area (Å²) in [7, 11) is 0. The van der Waals surface area contributed by atoms with Crippen LogP contribution in [0, 0.1) is 5.92 Å². The molecule has 18 heavy (non-hydrogen) atoms. The number of carbonyl (C=O) groups excluding carboxylic acids is 1. The minimum absolute atomic E-state index is 0.0653. The predicted octanol–water partition coefficient (Wildman–Crippen LogP) is 2.91. The van der Waals surface area contributed by atoms with E-state index in [1.807, 2.05) is 13.8 Å².